The summed E-state index contributed by atoms with van der Waals surface area (Å²) in [7, 11) is 1.95. The molecule has 0 heterocycles. The van der Waals surface area contributed by atoms with Gasteiger partial charge in [0.15, 0.2) is 6.29 Å². The van der Waals surface area contributed by atoms with Gasteiger partial charge >= 0.3 is 0 Å². The van der Waals surface area contributed by atoms with Gasteiger partial charge in [0.05, 0.1) is 5.56 Å². The molecule has 0 radical (unpaired) electrons. The van der Waals surface area contributed by atoms with Crippen molar-refractivity contribution in [2.45, 2.75) is 6.61 Å². The predicted octanol–water partition coefficient (Wildman–Crippen LogP) is 1.34. The number of ether oxygens (including phenoxy) is 1. The number of hydrogen-bond donors (Lipinski definition) is 0. The first-order valence-electron chi connectivity index (χ1n) is 5.52. The van der Waals surface area contributed by atoms with Crippen LogP contribution in [0.2, 0.25) is 0 Å². The second kappa shape index (κ2) is 5.35. The maximum absolute atomic E-state index is 10.9. The molecule has 0 fully saturated rings. The van der Waals surface area contributed by atoms with E-state index in [-0.39, 0.29) is 0 Å². The molecule has 0 atom stereocenters. The predicted molar refractivity (Wildman–Crippen MR) is 70.8 cm³/mol. The smallest absolute Gasteiger partial charge is 0.153 e. The highest BCUT2D eigenvalue weighted by molar-refractivity contribution is 6.32. The quantitative estimate of drug-likeness (QED) is 0.578. The van der Waals surface area contributed by atoms with Crippen molar-refractivity contribution in [2.24, 2.45) is 0 Å². The first kappa shape index (κ1) is 11.5. The van der Waals surface area contributed by atoms with Crippen LogP contribution >= 0.6 is 0 Å². The van der Waals surface area contributed by atoms with Crippen LogP contribution in [0.1, 0.15) is 15.9 Å². The van der Waals surface area contributed by atoms with E-state index >= 15 is 0 Å². The van der Waals surface area contributed by atoms with Gasteiger partial charge in [0.1, 0.15) is 20.2 Å². The van der Waals surface area contributed by atoms with Crippen molar-refractivity contribution >= 4 is 19.6 Å². The molecule has 0 unspecified atom stereocenters. The van der Waals surface area contributed by atoms with E-state index in [1.54, 1.807) is 0 Å². The molecule has 2 aromatic carbocycles. The maximum atomic E-state index is 10.9. The Labute approximate surface area is 102 Å². The van der Waals surface area contributed by atoms with Crippen LogP contribution in [-0.2, 0) is 6.61 Å². The summed E-state index contributed by atoms with van der Waals surface area (Å²) < 4.78 is 5.64. The summed E-state index contributed by atoms with van der Waals surface area (Å²) in [5.74, 6) is 0.634. The summed E-state index contributed by atoms with van der Waals surface area (Å²) in [6, 6.07) is 15.5. The summed E-state index contributed by atoms with van der Waals surface area (Å²) in [6.45, 7) is 0.477. The summed E-state index contributed by atoms with van der Waals surface area (Å²) in [4.78, 5) is 10.9. The van der Waals surface area contributed by atoms with Gasteiger partial charge in [-0.05, 0) is 11.6 Å². The lowest BCUT2D eigenvalue weighted by Gasteiger charge is -2.09. The van der Waals surface area contributed by atoms with E-state index in [2.05, 4.69) is 0 Å². The monoisotopic (exact) mass is 224 g/mol. The lowest BCUT2D eigenvalue weighted by molar-refractivity contribution is 0.111. The van der Waals surface area contributed by atoms with E-state index in [4.69, 9.17) is 4.74 Å². The first-order chi connectivity index (χ1) is 8.29. The molecule has 0 bridgehead atoms. The van der Waals surface area contributed by atoms with Gasteiger partial charge in [-0.2, -0.15) is 0 Å². The Balaban J connectivity index is 2.11. The van der Waals surface area contributed by atoms with E-state index in [9.17, 15) is 4.79 Å². The third-order valence-corrected chi connectivity index (χ3v) is 2.53. The van der Waals surface area contributed by atoms with Gasteiger partial charge in [0.2, 0.25) is 0 Å². The molecule has 2 rings (SSSR count). The van der Waals surface area contributed by atoms with E-state index in [0.717, 1.165) is 17.3 Å². The topological polar surface area (TPSA) is 26.3 Å². The van der Waals surface area contributed by atoms with Gasteiger partial charge < -0.3 is 4.74 Å². The zero-order valence-corrected chi connectivity index (χ0v) is 9.72. The Morgan fingerprint density at radius 3 is 2.59 bits per heavy atom. The van der Waals surface area contributed by atoms with Crippen LogP contribution in [0.15, 0.2) is 48.5 Å². The molecule has 0 aromatic heterocycles. The Bertz CT molecular complexity index is 509. The third kappa shape index (κ3) is 2.97. The fourth-order valence-electron chi connectivity index (χ4n) is 1.63. The van der Waals surface area contributed by atoms with E-state index in [0.29, 0.717) is 17.9 Å². The molecule has 2 nitrogen and oxygen atoms in total. The normalized spacial score (nSPS) is 9.88. The number of carbonyl (C=O) groups is 1. The van der Waals surface area contributed by atoms with Gasteiger partial charge in [-0.3, -0.25) is 4.79 Å². The second-order valence-corrected chi connectivity index (χ2v) is 3.93. The van der Waals surface area contributed by atoms with E-state index in [1.807, 2.05) is 56.4 Å². The molecule has 0 N–H and O–H groups in total. The molecular formula is C14H13BO2. The molecule has 0 aliphatic heterocycles. The van der Waals surface area contributed by atoms with Crippen molar-refractivity contribution in [3.63, 3.8) is 0 Å². The molecular weight excluding hydrogens is 211 g/mol. The lowest BCUT2D eigenvalue weighted by atomic mass is 9.94. The zero-order chi connectivity index (χ0) is 12.1. The number of rotatable bonds is 4. The maximum Gasteiger partial charge on any atom is 0.153 e. The summed E-state index contributed by atoms with van der Waals surface area (Å²) >= 11 is 0. The van der Waals surface area contributed by atoms with Crippen LogP contribution in [0.5, 0.6) is 5.75 Å². The second-order valence-electron chi connectivity index (χ2n) is 3.93. The molecule has 2 aromatic rings. The minimum absolute atomic E-state index is 0.477. The Kier molecular flexibility index (Phi) is 3.60. The van der Waals surface area contributed by atoms with Crippen molar-refractivity contribution in [1.82, 2.24) is 0 Å². The first-order valence-corrected chi connectivity index (χ1v) is 5.52. The van der Waals surface area contributed by atoms with Crippen LogP contribution in [0.25, 0.3) is 0 Å². The van der Waals surface area contributed by atoms with Crippen molar-refractivity contribution in [3.05, 3.63) is 59.7 Å². The van der Waals surface area contributed by atoms with Crippen molar-refractivity contribution in [2.75, 3.05) is 0 Å². The average molecular weight is 224 g/mol. The molecule has 3 heteroatoms. The van der Waals surface area contributed by atoms with Gasteiger partial charge in [-0.25, -0.2) is 0 Å². The summed E-state index contributed by atoms with van der Waals surface area (Å²) in [5.41, 5.74) is 2.74. The third-order valence-electron chi connectivity index (χ3n) is 2.53. The Morgan fingerprint density at radius 2 is 1.88 bits per heavy atom. The van der Waals surface area contributed by atoms with Gasteiger partial charge in [-0.15, -0.1) is 0 Å². The van der Waals surface area contributed by atoms with Crippen LogP contribution in [-0.4, -0.2) is 14.1 Å². The van der Waals surface area contributed by atoms with Crippen LogP contribution in [0.3, 0.4) is 0 Å². The Morgan fingerprint density at radius 1 is 1.12 bits per heavy atom. The fraction of sp³-hybridized carbons (Fsp3) is 0.0714. The molecule has 17 heavy (non-hydrogen) atoms. The van der Waals surface area contributed by atoms with Crippen molar-refractivity contribution in [3.8, 4) is 5.75 Å². The highest BCUT2D eigenvalue weighted by atomic mass is 16.5. The van der Waals surface area contributed by atoms with E-state index < -0.39 is 0 Å². The largest absolute Gasteiger partial charge is 0.488 e. The number of aldehydes is 1. The molecule has 0 spiro atoms. The van der Waals surface area contributed by atoms with Crippen molar-refractivity contribution in [1.29, 1.82) is 0 Å². The minimum Gasteiger partial charge on any atom is -0.488 e. The fourth-order valence-corrected chi connectivity index (χ4v) is 1.63. The SMILES string of the molecule is Bc1ccc(OCc2ccccc2)c(C=O)c1. The van der Waals surface area contributed by atoms with E-state index in [1.165, 1.54) is 0 Å². The lowest BCUT2D eigenvalue weighted by Crippen LogP contribution is -2.05. The Hall–Kier alpha value is -2.03. The molecule has 0 aliphatic carbocycles. The van der Waals surface area contributed by atoms with Gasteiger partial charge in [-0.1, -0.05) is 47.9 Å². The van der Waals surface area contributed by atoms with Crippen LogP contribution in [0, 0.1) is 0 Å². The average Bonchev–Trinajstić information content (AvgIpc) is 2.38. The van der Waals surface area contributed by atoms with Crippen LogP contribution < -0.4 is 10.2 Å². The zero-order valence-electron chi connectivity index (χ0n) is 9.72. The molecule has 0 amide bonds. The molecule has 0 aliphatic rings. The summed E-state index contributed by atoms with van der Waals surface area (Å²) in [5, 5.41) is 0. The van der Waals surface area contributed by atoms with Crippen LogP contribution in [0.4, 0.5) is 0 Å². The minimum atomic E-state index is 0.477. The van der Waals surface area contributed by atoms with Gasteiger partial charge in [0, 0.05) is 0 Å². The standard InChI is InChI=1S/C14H13BO2/c15-13-6-7-14(12(8-13)9-16)17-10-11-4-2-1-3-5-11/h1-9H,10,15H2. The molecule has 0 saturated carbocycles. The number of benzene rings is 2. The summed E-state index contributed by atoms with van der Waals surface area (Å²) in [6.07, 6.45) is 0.827. The van der Waals surface area contributed by atoms with Gasteiger partial charge in [0.25, 0.3) is 0 Å². The number of carbonyl (C=O) groups excluding carboxylic acids is 1. The molecule has 84 valence electrons. The number of hydrogen-bond acceptors (Lipinski definition) is 2. The highest BCUT2D eigenvalue weighted by Crippen LogP contribution is 2.16. The van der Waals surface area contributed by atoms with Crippen molar-refractivity contribution < 1.29 is 9.53 Å². The molecule has 0 saturated heterocycles. The highest BCUT2D eigenvalue weighted by Gasteiger charge is 2.03.